The molecule has 34 heavy (non-hydrogen) atoms. The van der Waals surface area contributed by atoms with Crippen LogP contribution in [0.2, 0.25) is 0 Å². The Kier molecular flexibility index (Phi) is 15.1. The van der Waals surface area contributed by atoms with Crippen molar-refractivity contribution in [2.45, 2.75) is 69.3 Å². The number of unbranched alkanes of at least 4 members (excludes halogenated alkanes) is 1. The van der Waals surface area contributed by atoms with Crippen LogP contribution in [-0.2, 0) is 19.2 Å². The second-order valence-corrected chi connectivity index (χ2v) is 7.71. The van der Waals surface area contributed by atoms with Gasteiger partial charge in [0, 0.05) is 6.54 Å². The number of carbonyl (C=O) groups is 4. The van der Waals surface area contributed by atoms with Gasteiger partial charge in [-0.1, -0.05) is 0 Å². The number of carboxylic acids is 1. The highest BCUT2D eigenvalue weighted by Crippen LogP contribution is 2.05. The number of nitrogens with two attached hydrogens (primary N) is 4. The maximum Gasteiger partial charge on any atom is 0.326 e. The number of guanidine groups is 1. The molecule has 5 unspecified atom stereocenters. The van der Waals surface area contributed by atoms with Gasteiger partial charge in [0.25, 0.3) is 0 Å². The van der Waals surface area contributed by atoms with Gasteiger partial charge in [0.1, 0.15) is 24.2 Å². The standard InChI is InChI=1S/C19H38N8O7/c1-10(29)14(17(32)26-13(18(33)34)5-2-3-7-20)27-16(31)12(6-4-8-24-19(22)23)25-15(30)11(21)9-28/h10-14,28-29H,2-9,20-21H2,1H3,(H,25,30)(H,26,32)(H,27,31)(H,33,34)(H4,22,23,24). The van der Waals surface area contributed by atoms with Crippen molar-refractivity contribution in [3.8, 4) is 0 Å². The zero-order chi connectivity index (χ0) is 26.3. The van der Waals surface area contributed by atoms with Gasteiger partial charge in [0.05, 0.1) is 12.7 Å². The highest BCUT2D eigenvalue weighted by atomic mass is 16.4. The second kappa shape index (κ2) is 16.6. The zero-order valence-electron chi connectivity index (χ0n) is 19.3. The summed E-state index contributed by atoms with van der Waals surface area (Å²) in [6, 6.07) is -5.23. The highest BCUT2D eigenvalue weighted by molar-refractivity contribution is 5.94. The summed E-state index contributed by atoms with van der Waals surface area (Å²) in [6.45, 7) is 1.09. The minimum atomic E-state index is -1.51. The first-order chi connectivity index (χ1) is 15.9. The summed E-state index contributed by atoms with van der Waals surface area (Å²) in [5.41, 5.74) is 21.4. The number of nitrogens with one attached hydrogen (secondary N) is 3. The first kappa shape index (κ1) is 31.0. The molecule has 3 amide bonds. The van der Waals surface area contributed by atoms with Crippen LogP contribution < -0.4 is 38.9 Å². The minimum Gasteiger partial charge on any atom is -0.480 e. The lowest BCUT2D eigenvalue weighted by Crippen LogP contribution is -2.60. The monoisotopic (exact) mass is 490 g/mol. The minimum absolute atomic E-state index is 0.0392. The first-order valence-corrected chi connectivity index (χ1v) is 10.9. The van der Waals surface area contributed by atoms with Gasteiger partial charge in [-0.3, -0.25) is 19.4 Å². The molecule has 0 rings (SSSR count). The van der Waals surface area contributed by atoms with Crippen LogP contribution in [0.3, 0.4) is 0 Å². The number of aliphatic carboxylic acids is 1. The number of hydrogen-bond donors (Lipinski definition) is 10. The molecule has 15 nitrogen and oxygen atoms in total. The fourth-order valence-electron chi connectivity index (χ4n) is 2.80. The number of aliphatic hydroxyl groups excluding tert-OH is 2. The van der Waals surface area contributed by atoms with Gasteiger partial charge >= 0.3 is 5.97 Å². The molecule has 0 aliphatic carbocycles. The third kappa shape index (κ3) is 12.3. The number of nitrogens with zero attached hydrogens (tertiary/aromatic N) is 1. The predicted octanol–water partition coefficient (Wildman–Crippen LogP) is -4.59. The predicted molar refractivity (Wildman–Crippen MR) is 123 cm³/mol. The number of carbonyl (C=O) groups excluding carboxylic acids is 3. The van der Waals surface area contributed by atoms with Crippen molar-refractivity contribution in [1.82, 2.24) is 16.0 Å². The van der Waals surface area contributed by atoms with Gasteiger partial charge in [0.2, 0.25) is 17.7 Å². The first-order valence-electron chi connectivity index (χ1n) is 10.9. The Labute approximate surface area is 197 Å². The van der Waals surface area contributed by atoms with Crippen LogP contribution in [0.4, 0.5) is 0 Å². The van der Waals surface area contributed by atoms with Crippen LogP contribution in [0.1, 0.15) is 39.0 Å². The third-order valence-corrected chi connectivity index (χ3v) is 4.74. The van der Waals surface area contributed by atoms with Crippen molar-refractivity contribution in [3.63, 3.8) is 0 Å². The molecule has 0 heterocycles. The smallest absolute Gasteiger partial charge is 0.326 e. The fourth-order valence-corrected chi connectivity index (χ4v) is 2.80. The molecule has 14 N–H and O–H groups in total. The Balaban J connectivity index is 5.39. The largest absolute Gasteiger partial charge is 0.480 e. The van der Waals surface area contributed by atoms with E-state index >= 15 is 0 Å². The van der Waals surface area contributed by atoms with Crippen LogP contribution in [0, 0.1) is 0 Å². The quantitative estimate of drug-likeness (QED) is 0.0525. The van der Waals surface area contributed by atoms with Crippen LogP contribution in [0.5, 0.6) is 0 Å². The molecule has 0 saturated heterocycles. The molecule has 196 valence electrons. The molecular formula is C19H38N8O7. The van der Waals surface area contributed by atoms with Crippen molar-refractivity contribution < 1.29 is 34.5 Å². The van der Waals surface area contributed by atoms with Crippen LogP contribution in [0.25, 0.3) is 0 Å². The van der Waals surface area contributed by atoms with E-state index in [1.54, 1.807) is 0 Å². The topological polar surface area (TPSA) is 282 Å². The molecule has 0 aromatic heterocycles. The van der Waals surface area contributed by atoms with E-state index in [9.17, 15) is 29.4 Å². The summed E-state index contributed by atoms with van der Waals surface area (Å²) in [6.07, 6.45) is 0.0408. The van der Waals surface area contributed by atoms with E-state index in [1.165, 1.54) is 6.92 Å². The summed E-state index contributed by atoms with van der Waals surface area (Å²) in [7, 11) is 0. The Bertz CT molecular complexity index is 700. The van der Waals surface area contributed by atoms with E-state index in [4.69, 9.17) is 28.0 Å². The number of rotatable bonds is 17. The lowest BCUT2D eigenvalue weighted by atomic mass is 10.1. The third-order valence-electron chi connectivity index (χ3n) is 4.74. The van der Waals surface area contributed by atoms with Gasteiger partial charge in [-0.25, -0.2) is 4.79 Å². The van der Waals surface area contributed by atoms with Crippen molar-refractivity contribution in [1.29, 1.82) is 0 Å². The molecule has 0 fully saturated rings. The van der Waals surface area contributed by atoms with E-state index in [0.29, 0.717) is 19.4 Å². The van der Waals surface area contributed by atoms with E-state index in [1.807, 2.05) is 0 Å². The molecular weight excluding hydrogens is 452 g/mol. The number of aliphatic hydroxyl groups is 2. The molecule has 5 atom stereocenters. The van der Waals surface area contributed by atoms with Crippen molar-refractivity contribution >= 4 is 29.7 Å². The number of hydrogen-bond acceptors (Lipinski definition) is 9. The van der Waals surface area contributed by atoms with Gasteiger partial charge in [0.15, 0.2) is 5.96 Å². The Morgan fingerprint density at radius 1 is 0.912 bits per heavy atom. The van der Waals surface area contributed by atoms with Crippen molar-refractivity contribution in [2.75, 3.05) is 19.7 Å². The molecule has 0 aliphatic heterocycles. The Morgan fingerprint density at radius 3 is 2.00 bits per heavy atom. The maximum absolute atomic E-state index is 12.8. The SMILES string of the molecule is CC(O)C(NC(=O)C(CCCN=C(N)N)NC(=O)C(N)CO)C(=O)NC(CCCCN)C(=O)O. The fraction of sp³-hybridized carbons (Fsp3) is 0.737. The normalized spacial score (nSPS) is 15.2. The number of carboxylic acid groups (broad SMARTS) is 1. The molecule has 0 aromatic rings. The van der Waals surface area contributed by atoms with Gasteiger partial charge in [-0.05, 0) is 45.6 Å². The molecule has 0 radical (unpaired) electrons. The Hall–Kier alpha value is -3.01. The average Bonchev–Trinajstić information content (AvgIpc) is 2.77. The van der Waals surface area contributed by atoms with E-state index < -0.39 is 60.6 Å². The van der Waals surface area contributed by atoms with Gasteiger partial charge in [-0.15, -0.1) is 0 Å². The number of aliphatic imine (C=N–C) groups is 1. The average molecular weight is 491 g/mol. The van der Waals surface area contributed by atoms with E-state index in [-0.39, 0.29) is 31.8 Å². The maximum atomic E-state index is 12.8. The molecule has 0 spiro atoms. The number of amides is 3. The lowest BCUT2D eigenvalue weighted by molar-refractivity contribution is -0.143. The summed E-state index contributed by atoms with van der Waals surface area (Å²) >= 11 is 0. The van der Waals surface area contributed by atoms with Crippen molar-refractivity contribution in [3.05, 3.63) is 0 Å². The zero-order valence-corrected chi connectivity index (χ0v) is 19.3. The lowest BCUT2D eigenvalue weighted by Gasteiger charge is -2.26. The summed E-state index contributed by atoms with van der Waals surface area (Å²) in [5, 5.41) is 35.4. The van der Waals surface area contributed by atoms with Gasteiger partial charge in [-0.2, -0.15) is 0 Å². The Morgan fingerprint density at radius 2 is 1.50 bits per heavy atom. The summed E-state index contributed by atoms with van der Waals surface area (Å²) < 4.78 is 0. The second-order valence-electron chi connectivity index (χ2n) is 7.71. The van der Waals surface area contributed by atoms with E-state index in [2.05, 4.69) is 20.9 Å². The molecule has 0 saturated carbocycles. The molecule has 0 aliphatic rings. The van der Waals surface area contributed by atoms with Crippen LogP contribution in [0.15, 0.2) is 4.99 Å². The van der Waals surface area contributed by atoms with Crippen LogP contribution in [-0.4, -0.2) is 94.9 Å². The molecule has 0 aromatic carbocycles. The van der Waals surface area contributed by atoms with E-state index in [0.717, 1.165) is 0 Å². The summed E-state index contributed by atoms with van der Waals surface area (Å²) in [5.74, 6) is -3.99. The molecule has 15 heteroatoms. The summed E-state index contributed by atoms with van der Waals surface area (Å²) in [4.78, 5) is 52.8. The van der Waals surface area contributed by atoms with Crippen LogP contribution >= 0.6 is 0 Å². The van der Waals surface area contributed by atoms with Gasteiger partial charge < -0.3 is 54.2 Å². The van der Waals surface area contributed by atoms with Crippen molar-refractivity contribution in [2.24, 2.45) is 27.9 Å². The molecule has 0 bridgehead atoms. The highest BCUT2D eigenvalue weighted by Gasteiger charge is 2.32.